The van der Waals surface area contributed by atoms with E-state index in [2.05, 4.69) is 0 Å². The second-order valence-corrected chi connectivity index (χ2v) is 3.72. The molecule has 0 aromatic heterocycles. The lowest BCUT2D eigenvalue weighted by Crippen LogP contribution is -2.16. The van der Waals surface area contributed by atoms with Crippen LogP contribution in [0.5, 0.6) is 0 Å². The van der Waals surface area contributed by atoms with Gasteiger partial charge in [0.2, 0.25) is 0 Å². The number of hydrogen-bond acceptors (Lipinski definition) is 4. The Morgan fingerprint density at radius 1 is 0.611 bits per heavy atom. The third kappa shape index (κ3) is 2.08. The van der Waals surface area contributed by atoms with Crippen LogP contribution in [0.2, 0.25) is 0 Å². The number of anilines is 2. The van der Waals surface area contributed by atoms with Gasteiger partial charge < -0.3 is 9.68 Å². The van der Waals surface area contributed by atoms with E-state index in [4.69, 9.17) is 9.68 Å². The summed E-state index contributed by atoms with van der Waals surface area (Å²) >= 11 is 0. The van der Waals surface area contributed by atoms with Gasteiger partial charge in [-0.3, -0.25) is 0 Å². The third-order valence-electron chi connectivity index (χ3n) is 2.53. The Hall–Kier alpha value is -2.62. The molecular weight excluding hydrogens is 228 g/mol. The van der Waals surface area contributed by atoms with Crippen LogP contribution in [-0.2, 0) is 9.68 Å². The first-order valence-electron chi connectivity index (χ1n) is 5.62. The van der Waals surface area contributed by atoms with Gasteiger partial charge in [0.15, 0.2) is 0 Å². The molecule has 0 fully saturated rings. The summed E-state index contributed by atoms with van der Waals surface area (Å²) in [5, 5.41) is 3.38. The molecule has 0 spiro atoms. The smallest absolute Gasteiger partial charge is 0.120 e. The van der Waals surface area contributed by atoms with Crippen LogP contribution in [0.4, 0.5) is 11.4 Å². The first-order chi connectivity index (χ1) is 8.93. The van der Waals surface area contributed by atoms with Crippen LogP contribution >= 0.6 is 0 Å². The van der Waals surface area contributed by atoms with Crippen molar-refractivity contribution < 1.29 is 9.68 Å². The number of rotatable bonds is 2. The van der Waals surface area contributed by atoms with Gasteiger partial charge in [0.05, 0.1) is 11.4 Å². The van der Waals surface area contributed by atoms with E-state index in [1.807, 2.05) is 61.0 Å². The molecule has 0 atom stereocenters. The molecule has 18 heavy (non-hydrogen) atoms. The monoisotopic (exact) mass is 240 g/mol. The van der Waals surface area contributed by atoms with Crippen molar-refractivity contribution in [1.82, 2.24) is 0 Å². The molecule has 2 aliphatic heterocycles. The minimum Gasteiger partial charge on any atom is -0.383 e. The molecule has 2 heterocycles. The number of benzene rings is 1. The van der Waals surface area contributed by atoms with Crippen LogP contribution in [0.1, 0.15) is 0 Å². The van der Waals surface area contributed by atoms with E-state index in [9.17, 15) is 0 Å². The number of hydroxylamine groups is 2. The van der Waals surface area contributed by atoms with Crippen molar-refractivity contribution in [3.8, 4) is 0 Å². The van der Waals surface area contributed by atoms with Gasteiger partial charge in [-0.05, 0) is 48.6 Å². The maximum absolute atomic E-state index is 5.35. The van der Waals surface area contributed by atoms with E-state index >= 15 is 0 Å². The number of nitrogens with zero attached hydrogens (tertiary/aromatic N) is 2. The van der Waals surface area contributed by atoms with E-state index in [0.717, 1.165) is 11.4 Å². The van der Waals surface area contributed by atoms with Crippen molar-refractivity contribution in [1.29, 1.82) is 0 Å². The Morgan fingerprint density at radius 2 is 1.06 bits per heavy atom. The molecule has 0 unspecified atom stereocenters. The minimum atomic E-state index is 0.955. The molecule has 0 N–H and O–H groups in total. The van der Waals surface area contributed by atoms with Gasteiger partial charge in [-0.25, -0.2) is 0 Å². The molecule has 0 radical (unpaired) electrons. The highest BCUT2D eigenvalue weighted by molar-refractivity contribution is 5.57. The van der Waals surface area contributed by atoms with Gasteiger partial charge in [0.25, 0.3) is 0 Å². The first kappa shape index (κ1) is 10.5. The van der Waals surface area contributed by atoms with E-state index < -0.39 is 0 Å². The van der Waals surface area contributed by atoms with Crippen LogP contribution in [-0.4, -0.2) is 0 Å². The maximum Gasteiger partial charge on any atom is 0.120 e. The highest BCUT2D eigenvalue weighted by Gasteiger charge is 2.08. The Labute approximate surface area is 105 Å². The molecule has 0 saturated carbocycles. The predicted octanol–water partition coefficient (Wildman–Crippen LogP) is 3.24. The van der Waals surface area contributed by atoms with E-state index in [-0.39, 0.29) is 0 Å². The molecule has 0 saturated heterocycles. The lowest BCUT2D eigenvalue weighted by Gasteiger charge is -2.22. The quantitative estimate of drug-likeness (QED) is 0.792. The van der Waals surface area contributed by atoms with Crippen molar-refractivity contribution in [3.63, 3.8) is 0 Å². The van der Waals surface area contributed by atoms with Crippen LogP contribution in [0.25, 0.3) is 0 Å². The lowest BCUT2D eigenvalue weighted by molar-refractivity contribution is 0.243. The summed E-state index contributed by atoms with van der Waals surface area (Å²) in [6, 6.07) is 7.87. The SMILES string of the molecule is C1=CON(c2ccc(N3C=CC=CO3)cc2)C=C1. The van der Waals surface area contributed by atoms with Crippen LogP contribution < -0.4 is 10.1 Å². The Morgan fingerprint density at radius 3 is 1.39 bits per heavy atom. The summed E-state index contributed by atoms with van der Waals surface area (Å²) in [6.45, 7) is 0. The van der Waals surface area contributed by atoms with Crippen LogP contribution in [0.15, 0.2) is 73.5 Å². The predicted molar refractivity (Wildman–Crippen MR) is 70.1 cm³/mol. The molecule has 2 aliphatic rings. The van der Waals surface area contributed by atoms with Gasteiger partial charge in [-0.1, -0.05) is 0 Å². The van der Waals surface area contributed by atoms with Crippen molar-refractivity contribution in [2.24, 2.45) is 0 Å². The third-order valence-corrected chi connectivity index (χ3v) is 2.53. The topological polar surface area (TPSA) is 24.9 Å². The molecule has 0 amide bonds. The Balaban J connectivity index is 1.76. The maximum atomic E-state index is 5.35. The molecule has 3 rings (SSSR count). The second-order valence-electron chi connectivity index (χ2n) is 3.72. The Kier molecular flexibility index (Phi) is 2.75. The molecule has 0 bridgehead atoms. The van der Waals surface area contributed by atoms with Crippen LogP contribution in [0, 0.1) is 0 Å². The highest BCUT2D eigenvalue weighted by Crippen LogP contribution is 2.23. The van der Waals surface area contributed by atoms with Crippen molar-refractivity contribution in [2.45, 2.75) is 0 Å². The average Bonchev–Trinajstić information content (AvgIpc) is 2.49. The lowest BCUT2D eigenvalue weighted by atomic mass is 10.2. The molecule has 1 aromatic carbocycles. The normalized spacial score (nSPS) is 16.7. The summed E-state index contributed by atoms with van der Waals surface area (Å²) in [6.07, 6.45) is 14.5. The number of allylic oxidation sites excluding steroid dienone is 4. The second kappa shape index (κ2) is 4.71. The zero-order chi connectivity index (χ0) is 12.2. The molecule has 4 heteroatoms. The van der Waals surface area contributed by atoms with Gasteiger partial charge in [0.1, 0.15) is 12.5 Å². The number of hydrogen-bond donors (Lipinski definition) is 0. The summed E-state index contributed by atoms with van der Waals surface area (Å²) in [5.41, 5.74) is 1.91. The van der Waals surface area contributed by atoms with Crippen molar-refractivity contribution in [2.75, 3.05) is 10.1 Å². The van der Waals surface area contributed by atoms with Gasteiger partial charge in [-0.15, -0.1) is 0 Å². The van der Waals surface area contributed by atoms with Gasteiger partial charge >= 0.3 is 0 Å². The fraction of sp³-hybridized carbons (Fsp3) is 0. The first-order valence-corrected chi connectivity index (χ1v) is 5.62. The summed E-state index contributed by atoms with van der Waals surface area (Å²) in [7, 11) is 0. The summed E-state index contributed by atoms with van der Waals surface area (Å²) in [5.74, 6) is 0. The zero-order valence-corrected chi connectivity index (χ0v) is 9.64. The largest absolute Gasteiger partial charge is 0.383 e. The van der Waals surface area contributed by atoms with E-state index in [0.29, 0.717) is 0 Å². The minimum absolute atomic E-state index is 0.955. The molecule has 4 nitrogen and oxygen atoms in total. The van der Waals surface area contributed by atoms with Crippen molar-refractivity contribution in [3.05, 3.63) is 73.5 Å². The standard InChI is InChI=1S/C14H12N2O2/c1-3-11-17-15(9-1)13-5-7-14(8-6-13)16-10-2-4-12-18-16/h1-12H. The zero-order valence-electron chi connectivity index (χ0n) is 9.64. The summed E-state index contributed by atoms with van der Waals surface area (Å²) in [4.78, 5) is 10.7. The highest BCUT2D eigenvalue weighted by atomic mass is 16.7. The molecule has 90 valence electrons. The van der Waals surface area contributed by atoms with Crippen LogP contribution in [0.3, 0.4) is 0 Å². The van der Waals surface area contributed by atoms with E-state index in [1.165, 1.54) is 0 Å². The fourth-order valence-electron chi connectivity index (χ4n) is 1.66. The summed E-state index contributed by atoms with van der Waals surface area (Å²) < 4.78 is 0. The molecule has 1 aromatic rings. The van der Waals surface area contributed by atoms with E-state index in [1.54, 1.807) is 22.7 Å². The van der Waals surface area contributed by atoms with Gasteiger partial charge in [-0.2, -0.15) is 10.1 Å². The molecule has 0 aliphatic carbocycles. The molecular formula is C14H12N2O2. The van der Waals surface area contributed by atoms with Crippen molar-refractivity contribution >= 4 is 11.4 Å². The average molecular weight is 240 g/mol. The van der Waals surface area contributed by atoms with Gasteiger partial charge in [0, 0.05) is 12.4 Å². The Bertz CT molecular complexity index is 480. The fourth-order valence-corrected chi connectivity index (χ4v) is 1.66.